The lowest BCUT2D eigenvalue weighted by Crippen LogP contribution is -2.00. The van der Waals surface area contributed by atoms with Crippen LogP contribution in [0.15, 0.2) is 0 Å². The van der Waals surface area contributed by atoms with Crippen LogP contribution in [0.3, 0.4) is 0 Å². The van der Waals surface area contributed by atoms with E-state index in [9.17, 15) is 13.2 Å². The van der Waals surface area contributed by atoms with Gasteiger partial charge in [-0.15, -0.1) is 0 Å². The highest BCUT2D eigenvalue weighted by Crippen LogP contribution is 2.30. The highest BCUT2D eigenvalue weighted by molar-refractivity contribution is 8.00. The number of halogens is 3. The summed E-state index contributed by atoms with van der Waals surface area (Å²) in [5, 5.41) is 7.96. The maximum atomic E-state index is 11.4. The quantitative estimate of drug-likeness (QED) is 0.606. The molecule has 0 N–H and O–H groups in total. The van der Waals surface area contributed by atoms with Crippen molar-refractivity contribution < 1.29 is 13.2 Å². The Kier molecular flexibility index (Phi) is 4.28. The van der Waals surface area contributed by atoms with Gasteiger partial charge in [-0.1, -0.05) is 11.8 Å². The lowest BCUT2D eigenvalue weighted by Gasteiger charge is -2.02. The molecule has 0 aromatic carbocycles. The van der Waals surface area contributed by atoms with Gasteiger partial charge in [-0.05, 0) is 6.42 Å². The van der Waals surface area contributed by atoms with Crippen LogP contribution >= 0.6 is 11.8 Å². The van der Waals surface area contributed by atoms with Crippen LogP contribution in [0.25, 0.3) is 0 Å². The topological polar surface area (TPSA) is 23.8 Å². The van der Waals surface area contributed by atoms with E-state index in [0.717, 1.165) is 0 Å². The Bertz CT molecular complexity index is 126. The van der Waals surface area contributed by atoms with Gasteiger partial charge in [0.05, 0.1) is 6.07 Å². The van der Waals surface area contributed by atoms with Crippen LogP contribution in [0.5, 0.6) is 0 Å². The molecule has 0 aliphatic carbocycles. The first-order valence-electron chi connectivity index (χ1n) is 2.64. The molecule has 0 saturated carbocycles. The summed E-state index contributed by atoms with van der Waals surface area (Å²) in [4.78, 5) is 0. The molecule has 0 saturated heterocycles. The van der Waals surface area contributed by atoms with E-state index < -0.39 is 5.51 Å². The van der Waals surface area contributed by atoms with Crippen LogP contribution in [0.2, 0.25) is 0 Å². The van der Waals surface area contributed by atoms with Crippen LogP contribution in [-0.2, 0) is 0 Å². The first-order valence-corrected chi connectivity index (χ1v) is 3.62. The van der Waals surface area contributed by atoms with Crippen LogP contribution in [-0.4, -0.2) is 11.3 Å². The fraction of sp³-hybridized carbons (Fsp3) is 0.800. The largest absolute Gasteiger partial charge is 0.441 e. The molecule has 5 heteroatoms. The molecule has 0 aliphatic heterocycles. The predicted octanol–water partition coefficient (Wildman–Crippen LogP) is 2.54. The second kappa shape index (κ2) is 4.45. The molecule has 0 unspecified atom stereocenters. The summed E-state index contributed by atoms with van der Waals surface area (Å²) in [7, 11) is 0. The molecular weight excluding hydrogens is 163 g/mol. The van der Waals surface area contributed by atoms with Crippen LogP contribution in [0.4, 0.5) is 13.2 Å². The first-order chi connectivity index (χ1) is 4.56. The second-order valence-electron chi connectivity index (χ2n) is 1.56. The van der Waals surface area contributed by atoms with E-state index in [4.69, 9.17) is 5.26 Å². The van der Waals surface area contributed by atoms with Gasteiger partial charge in [-0.2, -0.15) is 18.4 Å². The molecule has 1 nitrogen and oxygen atoms in total. The third-order valence-electron chi connectivity index (χ3n) is 0.699. The first kappa shape index (κ1) is 9.63. The van der Waals surface area contributed by atoms with E-state index in [2.05, 4.69) is 0 Å². The summed E-state index contributed by atoms with van der Waals surface area (Å²) < 4.78 is 34.1. The molecule has 0 radical (unpaired) electrons. The minimum Gasteiger partial charge on any atom is -0.198 e. The van der Waals surface area contributed by atoms with Crippen molar-refractivity contribution in [3.63, 3.8) is 0 Å². The Labute approximate surface area is 61.2 Å². The second-order valence-corrected chi connectivity index (χ2v) is 2.72. The lowest BCUT2D eigenvalue weighted by atomic mass is 10.4. The van der Waals surface area contributed by atoms with E-state index >= 15 is 0 Å². The molecule has 0 heterocycles. The highest BCUT2D eigenvalue weighted by Gasteiger charge is 2.27. The predicted molar refractivity (Wildman–Crippen MR) is 33.4 cm³/mol. The molecule has 0 spiro atoms. The fourth-order valence-corrected chi connectivity index (χ4v) is 0.859. The summed E-state index contributed by atoms with van der Waals surface area (Å²) in [6, 6.07) is 1.77. The van der Waals surface area contributed by atoms with Gasteiger partial charge in [0.25, 0.3) is 0 Å². The number of hydrogen-bond donors (Lipinski definition) is 0. The average Bonchev–Trinajstić information content (AvgIpc) is 1.78. The monoisotopic (exact) mass is 169 g/mol. The van der Waals surface area contributed by atoms with E-state index in [1.165, 1.54) is 0 Å². The summed E-state index contributed by atoms with van der Waals surface area (Å²) in [5.74, 6) is -0.0168. The molecule has 0 fully saturated rings. The number of alkyl halides is 3. The van der Waals surface area contributed by atoms with Crippen molar-refractivity contribution in [2.24, 2.45) is 0 Å². The molecule has 0 aromatic rings. The number of unbranched alkanes of at least 4 members (excludes halogenated alkanes) is 1. The zero-order valence-corrected chi connectivity index (χ0v) is 5.93. The third kappa shape index (κ3) is 7.63. The van der Waals surface area contributed by atoms with Crippen LogP contribution in [0, 0.1) is 11.3 Å². The molecule has 0 amide bonds. The number of nitriles is 1. The molecule has 0 aliphatic rings. The van der Waals surface area contributed by atoms with E-state index in [1.54, 1.807) is 6.07 Å². The molecule has 0 bridgehead atoms. The van der Waals surface area contributed by atoms with Crippen molar-refractivity contribution in [1.29, 1.82) is 5.26 Å². The Morgan fingerprint density at radius 3 is 2.40 bits per heavy atom. The van der Waals surface area contributed by atoms with Crippen LogP contribution < -0.4 is 0 Å². The Morgan fingerprint density at radius 2 is 2.00 bits per heavy atom. The van der Waals surface area contributed by atoms with E-state index in [0.29, 0.717) is 6.42 Å². The van der Waals surface area contributed by atoms with Gasteiger partial charge in [-0.3, -0.25) is 0 Å². The molecule has 0 atom stereocenters. The van der Waals surface area contributed by atoms with Crippen molar-refractivity contribution in [3.8, 4) is 6.07 Å². The van der Waals surface area contributed by atoms with Gasteiger partial charge in [0.2, 0.25) is 0 Å². The SMILES string of the molecule is N#CCCCSC(F)(F)F. The molecule has 0 aromatic heterocycles. The average molecular weight is 169 g/mol. The van der Waals surface area contributed by atoms with Gasteiger partial charge >= 0.3 is 5.51 Å². The van der Waals surface area contributed by atoms with Gasteiger partial charge < -0.3 is 0 Å². The molecule has 10 heavy (non-hydrogen) atoms. The van der Waals surface area contributed by atoms with Crippen molar-refractivity contribution in [1.82, 2.24) is 0 Å². The standard InChI is InChI=1S/C5H6F3NS/c6-5(7,8)10-4-2-1-3-9/h1-2,4H2. The van der Waals surface area contributed by atoms with Crippen molar-refractivity contribution in [2.45, 2.75) is 18.3 Å². The zero-order valence-electron chi connectivity index (χ0n) is 5.11. The van der Waals surface area contributed by atoms with Crippen molar-refractivity contribution >= 4 is 11.8 Å². The number of nitrogens with zero attached hydrogens (tertiary/aromatic N) is 1. The number of thioether (sulfide) groups is 1. The Hall–Kier alpha value is -0.370. The lowest BCUT2D eigenvalue weighted by molar-refractivity contribution is -0.0327. The minimum atomic E-state index is -4.14. The van der Waals surface area contributed by atoms with Crippen LogP contribution in [0.1, 0.15) is 12.8 Å². The smallest absolute Gasteiger partial charge is 0.198 e. The minimum absolute atomic E-state index is 0.0168. The number of rotatable bonds is 3. The molecule has 0 rings (SSSR count). The van der Waals surface area contributed by atoms with Gasteiger partial charge in [0.15, 0.2) is 0 Å². The van der Waals surface area contributed by atoms with E-state index in [-0.39, 0.29) is 23.9 Å². The Balaban J connectivity index is 3.14. The normalized spacial score (nSPS) is 11.0. The fourth-order valence-electron chi connectivity index (χ4n) is 0.339. The summed E-state index contributed by atoms with van der Waals surface area (Å²) >= 11 is -0.0776. The van der Waals surface area contributed by atoms with Gasteiger partial charge in [0.1, 0.15) is 0 Å². The summed E-state index contributed by atoms with van der Waals surface area (Å²) in [6.07, 6.45) is 0.504. The summed E-state index contributed by atoms with van der Waals surface area (Å²) in [6.45, 7) is 0. The Morgan fingerprint density at radius 1 is 1.40 bits per heavy atom. The van der Waals surface area contributed by atoms with Crippen molar-refractivity contribution in [3.05, 3.63) is 0 Å². The number of hydrogen-bond acceptors (Lipinski definition) is 2. The maximum absolute atomic E-state index is 11.4. The zero-order chi connectivity index (χ0) is 8.04. The molecular formula is C5H6F3NS. The summed E-state index contributed by atoms with van der Waals surface area (Å²) in [5.41, 5.74) is -4.14. The maximum Gasteiger partial charge on any atom is 0.441 e. The highest BCUT2D eigenvalue weighted by atomic mass is 32.2. The van der Waals surface area contributed by atoms with Gasteiger partial charge in [-0.25, -0.2) is 0 Å². The van der Waals surface area contributed by atoms with Gasteiger partial charge in [0, 0.05) is 12.2 Å². The third-order valence-corrected chi connectivity index (χ3v) is 1.52. The van der Waals surface area contributed by atoms with Crippen molar-refractivity contribution in [2.75, 3.05) is 5.75 Å². The van der Waals surface area contributed by atoms with E-state index in [1.807, 2.05) is 0 Å². The molecule has 58 valence electrons.